The third-order valence-electron chi connectivity index (χ3n) is 3.15. The van der Waals surface area contributed by atoms with Crippen LogP contribution in [0.5, 0.6) is 0 Å². The van der Waals surface area contributed by atoms with Crippen LogP contribution in [0.1, 0.15) is 27.2 Å². The molecule has 0 spiro atoms. The van der Waals surface area contributed by atoms with Crippen molar-refractivity contribution in [3.8, 4) is 0 Å². The van der Waals surface area contributed by atoms with Crippen LogP contribution in [0.25, 0.3) is 0 Å². The number of carbonyl (C=O) groups is 3. The molecule has 2 N–H and O–H groups in total. The molecule has 0 aromatic carbocycles. The Morgan fingerprint density at radius 2 is 1.41 bits per heavy atom. The van der Waals surface area contributed by atoms with Crippen LogP contribution in [0, 0.1) is 5.41 Å². The topological polar surface area (TPSA) is 148 Å². The minimum Gasteiger partial charge on any atom is -0.465 e. The standard InChI is InChI=1S/C16H25NO9S/c1-11(2)13(18)24-9-16(5,10-25-14(19)12(3)4)15(20)23-7-6-8-27(21,22)26-17/h1,3,6-10,17H2,2,4-5H3. The molecule has 0 atom stereocenters. The average Bonchev–Trinajstić information content (AvgIpc) is 2.60. The quantitative estimate of drug-likeness (QED) is 0.158. The van der Waals surface area contributed by atoms with Crippen LogP contribution in [0.15, 0.2) is 24.3 Å². The predicted molar refractivity (Wildman–Crippen MR) is 94.3 cm³/mol. The van der Waals surface area contributed by atoms with Crippen LogP contribution >= 0.6 is 0 Å². The molecule has 0 aromatic heterocycles. The van der Waals surface area contributed by atoms with Crippen molar-refractivity contribution in [1.82, 2.24) is 0 Å². The van der Waals surface area contributed by atoms with Crippen LogP contribution in [-0.4, -0.2) is 51.9 Å². The Labute approximate surface area is 158 Å². The van der Waals surface area contributed by atoms with E-state index in [1.54, 1.807) is 0 Å². The molecule has 0 aliphatic rings. The van der Waals surface area contributed by atoms with Crippen molar-refractivity contribution in [3.05, 3.63) is 24.3 Å². The highest BCUT2D eigenvalue weighted by molar-refractivity contribution is 7.86. The maximum atomic E-state index is 12.4. The zero-order chi connectivity index (χ0) is 21.3. The van der Waals surface area contributed by atoms with Gasteiger partial charge in [-0.25, -0.2) is 9.59 Å². The van der Waals surface area contributed by atoms with Crippen LogP contribution in [0.4, 0.5) is 0 Å². The second-order valence-electron chi connectivity index (χ2n) is 6.12. The molecule has 0 fully saturated rings. The molecule has 0 bridgehead atoms. The molecule has 0 rings (SSSR count). The Bertz CT molecular complexity index is 667. The summed E-state index contributed by atoms with van der Waals surface area (Å²) in [6.07, 6.45) is -0.0710. The van der Waals surface area contributed by atoms with Gasteiger partial charge < -0.3 is 14.2 Å². The molecule has 0 saturated carbocycles. The number of hydrogen-bond acceptors (Lipinski definition) is 10. The minimum atomic E-state index is -3.89. The molecule has 0 saturated heterocycles. The van der Waals surface area contributed by atoms with Gasteiger partial charge in [0.05, 0.1) is 12.4 Å². The molecule has 0 aromatic rings. The number of carbonyl (C=O) groups excluding carboxylic acids is 3. The fourth-order valence-corrected chi connectivity index (χ4v) is 2.05. The summed E-state index contributed by atoms with van der Waals surface area (Å²) in [6, 6.07) is 0. The van der Waals surface area contributed by atoms with Gasteiger partial charge >= 0.3 is 17.9 Å². The lowest BCUT2D eigenvalue weighted by Gasteiger charge is -2.26. The third kappa shape index (κ3) is 9.31. The maximum Gasteiger partial charge on any atom is 0.333 e. The fourth-order valence-electron chi connectivity index (χ4n) is 1.48. The summed E-state index contributed by atoms with van der Waals surface area (Å²) in [5.41, 5.74) is -1.27. The first kappa shape index (κ1) is 24.8. The van der Waals surface area contributed by atoms with E-state index in [-0.39, 0.29) is 24.2 Å². The summed E-state index contributed by atoms with van der Waals surface area (Å²) in [6.45, 7) is 9.93. The first-order chi connectivity index (χ1) is 12.3. The molecule has 10 nitrogen and oxygen atoms in total. The summed E-state index contributed by atoms with van der Waals surface area (Å²) in [5.74, 6) is 1.83. The number of nitrogens with two attached hydrogens (primary N) is 1. The Hall–Kier alpha value is -2.24. The van der Waals surface area contributed by atoms with Gasteiger partial charge in [-0.3, -0.25) is 4.79 Å². The van der Waals surface area contributed by atoms with Crippen LogP contribution < -0.4 is 5.90 Å². The second-order valence-corrected chi connectivity index (χ2v) is 7.84. The molecule has 27 heavy (non-hydrogen) atoms. The molecule has 0 aliphatic carbocycles. The van der Waals surface area contributed by atoms with Gasteiger partial charge in [0.1, 0.15) is 18.6 Å². The highest BCUT2D eigenvalue weighted by Gasteiger charge is 2.38. The van der Waals surface area contributed by atoms with Crippen molar-refractivity contribution in [3.63, 3.8) is 0 Å². The van der Waals surface area contributed by atoms with Crippen molar-refractivity contribution in [2.45, 2.75) is 27.2 Å². The van der Waals surface area contributed by atoms with Gasteiger partial charge in [-0.1, -0.05) is 13.2 Å². The molecule has 0 unspecified atom stereocenters. The monoisotopic (exact) mass is 407 g/mol. The maximum absolute atomic E-state index is 12.4. The van der Waals surface area contributed by atoms with Crippen molar-refractivity contribution in [1.29, 1.82) is 0 Å². The first-order valence-electron chi connectivity index (χ1n) is 7.78. The molecule has 0 radical (unpaired) electrons. The third-order valence-corrected chi connectivity index (χ3v) is 4.23. The van der Waals surface area contributed by atoms with Gasteiger partial charge in [-0.15, -0.1) is 0 Å². The largest absolute Gasteiger partial charge is 0.465 e. The van der Waals surface area contributed by atoms with E-state index in [4.69, 9.17) is 14.2 Å². The minimum absolute atomic E-state index is 0.0710. The summed E-state index contributed by atoms with van der Waals surface area (Å²) in [4.78, 5) is 35.5. The first-order valence-corrected chi connectivity index (χ1v) is 9.36. The number of esters is 3. The lowest BCUT2D eigenvalue weighted by Crippen LogP contribution is -2.40. The van der Waals surface area contributed by atoms with E-state index >= 15 is 0 Å². The zero-order valence-electron chi connectivity index (χ0n) is 15.6. The zero-order valence-corrected chi connectivity index (χ0v) is 16.4. The Balaban J connectivity index is 4.95. The SMILES string of the molecule is C=C(C)C(=O)OCC(C)(COC(=O)C(=C)C)C(=O)OCCCS(=O)(=O)ON. The molecular formula is C16H25NO9S. The van der Waals surface area contributed by atoms with E-state index in [1.807, 2.05) is 0 Å². The molecular weight excluding hydrogens is 382 g/mol. The van der Waals surface area contributed by atoms with E-state index < -0.39 is 52.4 Å². The van der Waals surface area contributed by atoms with E-state index in [9.17, 15) is 22.8 Å². The van der Waals surface area contributed by atoms with Crippen LogP contribution in [0.2, 0.25) is 0 Å². The lowest BCUT2D eigenvalue weighted by atomic mass is 9.93. The Kier molecular flexibility index (Phi) is 9.90. The normalized spacial score (nSPS) is 11.4. The number of hydrogen-bond donors (Lipinski definition) is 1. The van der Waals surface area contributed by atoms with Crippen molar-refractivity contribution >= 4 is 28.0 Å². The Morgan fingerprint density at radius 3 is 1.78 bits per heavy atom. The van der Waals surface area contributed by atoms with Gasteiger partial charge in [0.25, 0.3) is 10.1 Å². The molecule has 0 amide bonds. The summed E-state index contributed by atoms with van der Waals surface area (Å²) in [7, 11) is -3.89. The lowest BCUT2D eigenvalue weighted by molar-refractivity contribution is -0.168. The van der Waals surface area contributed by atoms with Crippen LogP contribution in [0.3, 0.4) is 0 Å². The summed E-state index contributed by atoms with van der Waals surface area (Å²) >= 11 is 0. The molecule has 11 heteroatoms. The van der Waals surface area contributed by atoms with E-state index in [0.29, 0.717) is 0 Å². The van der Waals surface area contributed by atoms with Crippen molar-refractivity contribution in [2.75, 3.05) is 25.6 Å². The number of ether oxygens (including phenoxy) is 3. The van der Waals surface area contributed by atoms with E-state index in [1.165, 1.54) is 20.8 Å². The summed E-state index contributed by atoms with van der Waals surface area (Å²) < 4.78 is 41.0. The highest BCUT2D eigenvalue weighted by atomic mass is 32.2. The van der Waals surface area contributed by atoms with Gasteiger partial charge in [-0.05, 0) is 27.2 Å². The molecule has 0 heterocycles. The van der Waals surface area contributed by atoms with E-state index in [0.717, 1.165) is 0 Å². The summed E-state index contributed by atoms with van der Waals surface area (Å²) in [5, 5.41) is 0. The van der Waals surface area contributed by atoms with Gasteiger partial charge in [-0.2, -0.15) is 18.6 Å². The van der Waals surface area contributed by atoms with Crippen molar-refractivity contribution < 1.29 is 41.3 Å². The molecule has 0 aliphatic heterocycles. The predicted octanol–water partition coefficient (Wildman–Crippen LogP) is 0.385. The van der Waals surface area contributed by atoms with E-state index in [2.05, 4.69) is 23.3 Å². The highest BCUT2D eigenvalue weighted by Crippen LogP contribution is 2.21. The van der Waals surface area contributed by atoms with Crippen LogP contribution in [-0.2, 0) is 43.0 Å². The Morgan fingerprint density at radius 1 is 0.963 bits per heavy atom. The fraction of sp³-hybridized carbons (Fsp3) is 0.562. The average molecular weight is 407 g/mol. The second kappa shape index (κ2) is 10.8. The van der Waals surface area contributed by atoms with Gasteiger partial charge in [0.15, 0.2) is 0 Å². The molecule has 154 valence electrons. The van der Waals surface area contributed by atoms with Gasteiger partial charge in [0.2, 0.25) is 0 Å². The van der Waals surface area contributed by atoms with Crippen molar-refractivity contribution in [2.24, 2.45) is 11.3 Å². The van der Waals surface area contributed by atoms with Gasteiger partial charge in [0, 0.05) is 11.1 Å². The number of rotatable bonds is 12. The smallest absolute Gasteiger partial charge is 0.333 e.